The largest absolute Gasteiger partial charge is 0.504 e. The van der Waals surface area contributed by atoms with E-state index in [0.717, 1.165) is 43.6 Å². The molecule has 2 aromatic carbocycles. The fourth-order valence-corrected chi connectivity index (χ4v) is 5.28. The van der Waals surface area contributed by atoms with Crippen LogP contribution in [0.4, 0.5) is 0 Å². The lowest BCUT2D eigenvalue weighted by atomic mass is 9.83. The zero-order valence-electron chi connectivity index (χ0n) is 18.1. The molecule has 5 heteroatoms. The van der Waals surface area contributed by atoms with Gasteiger partial charge in [0, 0.05) is 25.1 Å². The number of aryl methyl sites for hydroxylation is 1. The van der Waals surface area contributed by atoms with Crippen LogP contribution in [0, 0.1) is 12.8 Å². The molecule has 2 heterocycles. The molecular formula is C25H34N2O3. The Morgan fingerprint density at radius 3 is 2.57 bits per heavy atom. The van der Waals surface area contributed by atoms with Gasteiger partial charge in [0.1, 0.15) is 0 Å². The molecule has 1 fully saturated rings. The van der Waals surface area contributed by atoms with Gasteiger partial charge in [-0.1, -0.05) is 37.3 Å². The molecule has 0 saturated carbocycles. The van der Waals surface area contributed by atoms with Crippen LogP contribution in [0.2, 0.25) is 0 Å². The van der Waals surface area contributed by atoms with Gasteiger partial charge in [-0.2, -0.15) is 0 Å². The maximum Gasteiger partial charge on any atom is 0.161 e. The second-order valence-electron chi connectivity index (χ2n) is 9.00. The zero-order valence-corrected chi connectivity index (χ0v) is 18.1. The summed E-state index contributed by atoms with van der Waals surface area (Å²) in [4.78, 5) is 2.56. The van der Waals surface area contributed by atoms with Gasteiger partial charge in [0.05, 0.1) is 12.2 Å². The number of benzene rings is 2. The topological polar surface area (TPSA) is 79.0 Å². The number of aromatic hydroxyl groups is 2. The molecule has 2 aliphatic heterocycles. The van der Waals surface area contributed by atoms with Crippen LogP contribution in [0.1, 0.15) is 54.0 Å². The quantitative estimate of drug-likeness (QED) is 0.652. The predicted molar refractivity (Wildman–Crippen MR) is 119 cm³/mol. The molecule has 5 nitrogen and oxygen atoms in total. The minimum Gasteiger partial charge on any atom is -0.504 e. The first-order valence-electron chi connectivity index (χ1n) is 11.1. The lowest BCUT2D eigenvalue weighted by Gasteiger charge is -2.41. The summed E-state index contributed by atoms with van der Waals surface area (Å²) in [5, 5.41) is 20.3. The zero-order chi connectivity index (χ0) is 21.3. The summed E-state index contributed by atoms with van der Waals surface area (Å²) < 4.78 is 6.36. The lowest BCUT2D eigenvalue weighted by Crippen LogP contribution is -2.43. The highest BCUT2D eigenvalue weighted by atomic mass is 16.5. The Bertz CT molecular complexity index is 877. The van der Waals surface area contributed by atoms with Crippen LogP contribution in [0.15, 0.2) is 36.4 Å². The molecule has 0 amide bonds. The molecule has 0 aliphatic carbocycles. The Morgan fingerprint density at radius 1 is 1.13 bits per heavy atom. The van der Waals surface area contributed by atoms with Crippen LogP contribution in [0.3, 0.4) is 0 Å². The van der Waals surface area contributed by atoms with Crippen LogP contribution < -0.4 is 5.73 Å². The van der Waals surface area contributed by atoms with E-state index in [1.165, 1.54) is 17.2 Å². The summed E-state index contributed by atoms with van der Waals surface area (Å²) in [6.45, 7) is 8.08. The van der Waals surface area contributed by atoms with Crippen molar-refractivity contribution in [1.29, 1.82) is 0 Å². The average molecular weight is 411 g/mol. The van der Waals surface area contributed by atoms with E-state index < -0.39 is 0 Å². The van der Waals surface area contributed by atoms with Crippen molar-refractivity contribution in [2.45, 2.75) is 51.2 Å². The number of ether oxygens (including phenoxy) is 1. The molecule has 0 bridgehead atoms. The summed E-state index contributed by atoms with van der Waals surface area (Å²) in [6, 6.07) is 12.0. The number of likely N-dealkylation sites (tertiary alicyclic amines) is 1. The van der Waals surface area contributed by atoms with E-state index in [4.69, 9.17) is 10.5 Å². The maximum atomic E-state index is 10.4. The summed E-state index contributed by atoms with van der Waals surface area (Å²) in [5.41, 5.74) is 10.5. The smallest absolute Gasteiger partial charge is 0.161 e. The number of rotatable bonds is 5. The lowest BCUT2D eigenvalue weighted by molar-refractivity contribution is -0.0649. The Labute approximate surface area is 179 Å². The van der Waals surface area contributed by atoms with Gasteiger partial charge in [-0.05, 0) is 67.4 Å². The molecule has 30 heavy (non-hydrogen) atoms. The van der Waals surface area contributed by atoms with Crippen LogP contribution in [0.5, 0.6) is 11.5 Å². The number of phenolic OH excluding ortho intramolecular Hbond substituents is 2. The normalized spacial score (nSPS) is 23.8. The Balaban J connectivity index is 1.38. The van der Waals surface area contributed by atoms with Crippen molar-refractivity contribution < 1.29 is 14.9 Å². The van der Waals surface area contributed by atoms with E-state index in [1.54, 1.807) is 0 Å². The molecule has 0 aromatic heterocycles. The fourth-order valence-electron chi connectivity index (χ4n) is 5.28. The second kappa shape index (κ2) is 8.96. The van der Waals surface area contributed by atoms with E-state index in [2.05, 4.69) is 43.0 Å². The van der Waals surface area contributed by atoms with Crippen molar-refractivity contribution in [2.75, 3.05) is 26.2 Å². The van der Waals surface area contributed by atoms with Crippen molar-refractivity contribution in [1.82, 2.24) is 4.90 Å². The average Bonchev–Trinajstić information content (AvgIpc) is 2.76. The number of fused-ring (bicyclic) bond motifs is 1. The van der Waals surface area contributed by atoms with Crippen molar-refractivity contribution in [3.8, 4) is 11.5 Å². The third-order valence-corrected chi connectivity index (χ3v) is 7.01. The van der Waals surface area contributed by atoms with Crippen molar-refractivity contribution in [2.24, 2.45) is 11.7 Å². The summed E-state index contributed by atoms with van der Waals surface area (Å²) in [5.74, 6) is 0.884. The standard InChI is InChI=1S/C25H34N2O3/c1-16-5-3-4-6-19(16)17(2)15-27-11-9-18(10-12-27)23-13-21-20(24(14-26)30-23)7-8-22(28)25(21)29/h3-8,17-18,23-24,28-29H,9-15,26H2,1-2H3. The highest BCUT2D eigenvalue weighted by molar-refractivity contribution is 5.51. The van der Waals surface area contributed by atoms with E-state index in [1.807, 2.05) is 6.07 Å². The van der Waals surface area contributed by atoms with Crippen molar-refractivity contribution >= 4 is 0 Å². The van der Waals surface area contributed by atoms with E-state index >= 15 is 0 Å². The highest BCUT2D eigenvalue weighted by Crippen LogP contribution is 2.42. The van der Waals surface area contributed by atoms with Gasteiger partial charge < -0.3 is 25.6 Å². The molecule has 0 radical (unpaired) electrons. The number of nitrogens with two attached hydrogens (primary N) is 1. The molecule has 4 rings (SSSR count). The first-order valence-corrected chi connectivity index (χ1v) is 11.1. The number of phenols is 2. The van der Waals surface area contributed by atoms with Crippen LogP contribution in [-0.2, 0) is 11.2 Å². The molecule has 1 saturated heterocycles. The summed E-state index contributed by atoms with van der Waals surface area (Å²) >= 11 is 0. The number of nitrogens with zero attached hydrogens (tertiary/aromatic N) is 1. The molecular weight excluding hydrogens is 376 g/mol. The van der Waals surface area contributed by atoms with Gasteiger partial charge in [0.25, 0.3) is 0 Å². The third kappa shape index (κ3) is 4.20. The van der Waals surface area contributed by atoms with E-state index in [0.29, 0.717) is 24.8 Å². The van der Waals surface area contributed by atoms with Crippen LogP contribution in [-0.4, -0.2) is 47.4 Å². The number of hydrogen-bond donors (Lipinski definition) is 3. The van der Waals surface area contributed by atoms with E-state index in [-0.39, 0.29) is 23.7 Å². The molecule has 3 atom stereocenters. The molecule has 3 unspecified atom stereocenters. The van der Waals surface area contributed by atoms with Crippen LogP contribution in [0.25, 0.3) is 0 Å². The first-order chi connectivity index (χ1) is 14.5. The molecule has 2 aromatic rings. The monoisotopic (exact) mass is 410 g/mol. The Morgan fingerprint density at radius 2 is 1.87 bits per heavy atom. The fraction of sp³-hybridized carbons (Fsp3) is 0.520. The maximum absolute atomic E-state index is 10.4. The Hall–Kier alpha value is -2.08. The molecule has 4 N–H and O–H groups in total. The highest BCUT2D eigenvalue weighted by Gasteiger charge is 2.35. The van der Waals surface area contributed by atoms with Gasteiger partial charge >= 0.3 is 0 Å². The second-order valence-corrected chi connectivity index (χ2v) is 9.00. The first kappa shape index (κ1) is 21.2. The number of hydrogen-bond acceptors (Lipinski definition) is 5. The van der Waals surface area contributed by atoms with Gasteiger partial charge in [0.15, 0.2) is 11.5 Å². The van der Waals surface area contributed by atoms with Gasteiger partial charge in [-0.25, -0.2) is 0 Å². The molecule has 0 spiro atoms. The minimum atomic E-state index is -0.218. The van der Waals surface area contributed by atoms with Gasteiger partial charge in [0.2, 0.25) is 0 Å². The third-order valence-electron chi connectivity index (χ3n) is 7.01. The predicted octanol–water partition coefficient (Wildman–Crippen LogP) is 3.86. The minimum absolute atomic E-state index is 0.0104. The van der Waals surface area contributed by atoms with Gasteiger partial charge in [-0.3, -0.25) is 0 Å². The van der Waals surface area contributed by atoms with E-state index in [9.17, 15) is 10.2 Å². The van der Waals surface area contributed by atoms with Crippen molar-refractivity contribution in [3.05, 3.63) is 58.7 Å². The molecule has 162 valence electrons. The Kier molecular flexibility index (Phi) is 6.32. The van der Waals surface area contributed by atoms with Crippen LogP contribution >= 0.6 is 0 Å². The number of piperidine rings is 1. The van der Waals surface area contributed by atoms with Crippen molar-refractivity contribution in [3.63, 3.8) is 0 Å². The van der Waals surface area contributed by atoms with Gasteiger partial charge in [-0.15, -0.1) is 0 Å². The SMILES string of the molecule is Cc1ccccc1C(C)CN1CCC(C2Cc3c(ccc(O)c3O)C(CN)O2)CC1. The summed E-state index contributed by atoms with van der Waals surface area (Å²) in [7, 11) is 0. The summed E-state index contributed by atoms with van der Waals surface area (Å²) in [6.07, 6.45) is 2.62. The molecule has 2 aliphatic rings.